The van der Waals surface area contributed by atoms with Crippen molar-refractivity contribution >= 4 is 11.7 Å². The van der Waals surface area contributed by atoms with Crippen molar-refractivity contribution in [2.45, 2.75) is 32.3 Å². The number of hydrogen-bond acceptors (Lipinski definition) is 5. The first-order chi connectivity index (χ1) is 11.1. The fourth-order valence-electron chi connectivity index (χ4n) is 2.44. The van der Waals surface area contributed by atoms with Crippen LogP contribution in [0.2, 0.25) is 0 Å². The van der Waals surface area contributed by atoms with Gasteiger partial charge in [0.2, 0.25) is 0 Å². The third-order valence-corrected chi connectivity index (χ3v) is 3.74. The number of carbonyl (C=O) groups excluding carboxylic acids is 2. The lowest BCUT2D eigenvalue weighted by molar-refractivity contribution is -0.123. The van der Waals surface area contributed by atoms with Gasteiger partial charge in [-0.25, -0.2) is 0 Å². The summed E-state index contributed by atoms with van der Waals surface area (Å²) < 4.78 is 16.2. The molecule has 1 N–H and O–H groups in total. The van der Waals surface area contributed by atoms with Crippen LogP contribution in [0.3, 0.4) is 0 Å². The van der Waals surface area contributed by atoms with E-state index in [1.165, 1.54) is 14.0 Å². The normalized spacial score (nSPS) is 16.9. The molecule has 0 aromatic heterocycles. The maximum absolute atomic E-state index is 11.8. The lowest BCUT2D eigenvalue weighted by Crippen LogP contribution is -2.31. The molecule has 6 heteroatoms. The van der Waals surface area contributed by atoms with Gasteiger partial charge in [0, 0.05) is 18.7 Å². The SMILES string of the molecule is COc1cc(C(C)=O)ccc1OCC(=O)NCCC1CCCO1. The van der Waals surface area contributed by atoms with Gasteiger partial charge in [0.15, 0.2) is 23.9 Å². The van der Waals surface area contributed by atoms with Gasteiger partial charge in [-0.3, -0.25) is 9.59 Å². The number of ether oxygens (including phenoxy) is 3. The highest BCUT2D eigenvalue weighted by Gasteiger charge is 2.15. The first-order valence-electron chi connectivity index (χ1n) is 7.80. The van der Waals surface area contributed by atoms with E-state index in [9.17, 15) is 9.59 Å². The van der Waals surface area contributed by atoms with Crippen LogP contribution in [0.25, 0.3) is 0 Å². The Morgan fingerprint density at radius 1 is 1.35 bits per heavy atom. The molecule has 0 radical (unpaired) electrons. The minimum Gasteiger partial charge on any atom is -0.493 e. The predicted molar refractivity (Wildman–Crippen MR) is 85.1 cm³/mol. The number of carbonyl (C=O) groups is 2. The van der Waals surface area contributed by atoms with Crippen molar-refractivity contribution in [1.29, 1.82) is 0 Å². The summed E-state index contributed by atoms with van der Waals surface area (Å²) in [7, 11) is 1.49. The highest BCUT2D eigenvalue weighted by molar-refractivity contribution is 5.94. The number of rotatable bonds is 8. The van der Waals surface area contributed by atoms with Gasteiger partial charge in [0.1, 0.15) is 0 Å². The molecule has 1 unspecified atom stereocenters. The fourth-order valence-corrected chi connectivity index (χ4v) is 2.44. The molecule has 6 nitrogen and oxygen atoms in total. The monoisotopic (exact) mass is 321 g/mol. The van der Waals surface area contributed by atoms with Gasteiger partial charge >= 0.3 is 0 Å². The molecule has 1 aliphatic rings. The second kappa shape index (κ2) is 8.53. The van der Waals surface area contributed by atoms with Gasteiger partial charge in [0.25, 0.3) is 5.91 Å². The second-order valence-corrected chi connectivity index (χ2v) is 5.48. The number of amides is 1. The van der Waals surface area contributed by atoms with Crippen LogP contribution in [0.15, 0.2) is 18.2 Å². The number of benzene rings is 1. The molecule has 1 fully saturated rings. The van der Waals surface area contributed by atoms with Crippen molar-refractivity contribution < 1.29 is 23.8 Å². The van der Waals surface area contributed by atoms with E-state index < -0.39 is 0 Å². The first-order valence-corrected chi connectivity index (χ1v) is 7.80. The van der Waals surface area contributed by atoms with Crippen LogP contribution in [-0.4, -0.2) is 44.7 Å². The summed E-state index contributed by atoms with van der Waals surface area (Å²) >= 11 is 0. The van der Waals surface area contributed by atoms with Gasteiger partial charge in [-0.05, 0) is 44.4 Å². The van der Waals surface area contributed by atoms with E-state index in [-0.39, 0.29) is 24.4 Å². The van der Waals surface area contributed by atoms with Crippen LogP contribution in [-0.2, 0) is 9.53 Å². The molecule has 1 aromatic rings. The highest BCUT2D eigenvalue weighted by Crippen LogP contribution is 2.28. The zero-order chi connectivity index (χ0) is 16.7. The minimum absolute atomic E-state index is 0.0540. The number of Topliss-reactive ketones (excluding diaryl/α,β-unsaturated/α-hetero) is 1. The second-order valence-electron chi connectivity index (χ2n) is 5.48. The molecule has 1 saturated heterocycles. The average Bonchev–Trinajstić information content (AvgIpc) is 3.06. The van der Waals surface area contributed by atoms with Crippen molar-refractivity contribution in [1.82, 2.24) is 5.32 Å². The molecular weight excluding hydrogens is 298 g/mol. The zero-order valence-corrected chi connectivity index (χ0v) is 13.6. The smallest absolute Gasteiger partial charge is 0.257 e. The Bertz CT molecular complexity index is 552. The summed E-state index contributed by atoms with van der Waals surface area (Å²) in [6, 6.07) is 4.89. The summed E-state index contributed by atoms with van der Waals surface area (Å²) in [6.07, 6.45) is 3.24. The predicted octanol–water partition coefficient (Wildman–Crippen LogP) is 1.96. The number of ketones is 1. The molecule has 0 bridgehead atoms. The lowest BCUT2D eigenvalue weighted by Gasteiger charge is -2.12. The highest BCUT2D eigenvalue weighted by atomic mass is 16.5. The van der Waals surface area contributed by atoms with E-state index in [2.05, 4.69) is 5.32 Å². The summed E-state index contributed by atoms with van der Waals surface area (Å²) in [4.78, 5) is 23.1. The van der Waals surface area contributed by atoms with E-state index in [0.29, 0.717) is 23.6 Å². The largest absolute Gasteiger partial charge is 0.493 e. The molecule has 0 saturated carbocycles. The zero-order valence-electron chi connectivity index (χ0n) is 13.6. The molecule has 0 aliphatic carbocycles. The maximum atomic E-state index is 11.8. The third-order valence-electron chi connectivity index (χ3n) is 3.74. The van der Waals surface area contributed by atoms with E-state index in [0.717, 1.165) is 25.9 Å². The summed E-state index contributed by atoms with van der Waals surface area (Å²) in [5.74, 6) is 0.624. The molecular formula is C17H23NO5. The van der Waals surface area contributed by atoms with Crippen LogP contribution in [0.5, 0.6) is 11.5 Å². The molecule has 2 rings (SSSR count). The third kappa shape index (κ3) is 5.25. The molecule has 1 aromatic carbocycles. The van der Waals surface area contributed by atoms with Crippen LogP contribution >= 0.6 is 0 Å². The van der Waals surface area contributed by atoms with Gasteiger partial charge in [-0.1, -0.05) is 0 Å². The van der Waals surface area contributed by atoms with Crippen molar-refractivity contribution in [3.8, 4) is 11.5 Å². The molecule has 23 heavy (non-hydrogen) atoms. The van der Waals surface area contributed by atoms with Gasteiger partial charge < -0.3 is 19.5 Å². The quantitative estimate of drug-likeness (QED) is 0.741. The van der Waals surface area contributed by atoms with Crippen molar-refractivity contribution in [3.63, 3.8) is 0 Å². The minimum atomic E-state index is -0.194. The Morgan fingerprint density at radius 2 is 2.17 bits per heavy atom. The summed E-state index contributed by atoms with van der Waals surface area (Å²) in [5.41, 5.74) is 0.537. The Balaban J connectivity index is 1.77. The Kier molecular flexibility index (Phi) is 6.40. The van der Waals surface area contributed by atoms with E-state index in [4.69, 9.17) is 14.2 Å². The van der Waals surface area contributed by atoms with E-state index in [1.807, 2.05) is 0 Å². The van der Waals surface area contributed by atoms with Gasteiger partial charge in [-0.15, -0.1) is 0 Å². The van der Waals surface area contributed by atoms with Crippen LogP contribution in [0.4, 0.5) is 0 Å². The van der Waals surface area contributed by atoms with Crippen LogP contribution < -0.4 is 14.8 Å². The number of nitrogens with one attached hydrogen (secondary N) is 1. The fraction of sp³-hybridized carbons (Fsp3) is 0.529. The van der Waals surface area contributed by atoms with Gasteiger partial charge in [-0.2, -0.15) is 0 Å². The Labute approximate surface area is 136 Å². The van der Waals surface area contributed by atoms with Crippen LogP contribution in [0, 0.1) is 0 Å². The standard InChI is InChI=1S/C17H23NO5/c1-12(19)13-5-6-15(16(10-13)21-2)23-11-17(20)18-8-7-14-4-3-9-22-14/h5-6,10,14H,3-4,7-9,11H2,1-2H3,(H,18,20). The summed E-state index contributed by atoms with van der Waals surface area (Å²) in [6.45, 7) is 2.78. The van der Waals surface area contributed by atoms with Crippen molar-refractivity contribution in [2.75, 3.05) is 26.9 Å². The van der Waals surface area contributed by atoms with Crippen LogP contribution in [0.1, 0.15) is 36.5 Å². The number of hydrogen-bond donors (Lipinski definition) is 1. The maximum Gasteiger partial charge on any atom is 0.257 e. The molecule has 1 heterocycles. The topological polar surface area (TPSA) is 73.9 Å². The van der Waals surface area contributed by atoms with E-state index >= 15 is 0 Å². The molecule has 1 amide bonds. The van der Waals surface area contributed by atoms with Crippen molar-refractivity contribution in [2.24, 2.45) is 0 Å². The lowest BCUT2D eigenvalue weighted by atomic mass is 10.1. The van der Waals surface area contributed by atoms with E-state index in [1.54, 1.807) is 18.2 Å². The number of methoxy groups -OCH3 is 1. The first kappa shape index (κ1) is 17.3. The molecule has 0 spiro atoms. The Hall–Kier alpha value is -2.08. The van der Waals surface area contributed by atoms with Crippen molar-refractivity contribution in [3.05, 3.63) is 23.8 Å². The Morgan fingerprint density at radius 3 is 2.83 bits per heavy atom. The van der Waals surface area contributed by atoms with Gasteiger partial charge in [0.05, 0.1) is 13.2 Å². The molecule has 1 aliphatic heterocycles. The average molecular weight is 321 g/mol. The molecule has 1 atom stereocenters. The summed E-state index contributed by atoms with van der Waals surface area (Å²) in [5, 5.41) is 2.81. The molecule has 126 valence electrons.